The van der Waals surface area contributed by atoms with Crippen LogP contribution in [0.3, 0.4) is 0 Å². The van der Waals surface area contributed by atoms with E-state index in [9.17, 15) is 4.79 Å². The van der Waals surface area contributed by atoms with Crippen LogP contribution >= 0.6 is 0 Å². The van der Waals surface area contributed by atoms with Crippen molar-refractivity contribution in [2.24, 2.45) is 0 Å². The first-order valence-corrected chi connectivity index (χ1v) is 6.90. The fourth-order valence-electron chi connectivity index (χ4n) is 1.65. The van der Waals surface area contributed by atoms with Gasteiger partial charge in [0, 0.05) is 31.4 Å². The lowest BCUT2D eigenvalue weighted by atomic mass is 10.3. The molecule has 0 aromatic rings. The molecular formula is C14H28N2O2. The van der Waals surface area contributed by atoms with Crippen LogP contribution < -0.4 is 0 Å². The smallest absolute Gasteiger partial charge is 0.335 e. The largest absolute Gasteiger partial charge is 0.461 e. The van der Waals surface area contributed by atoms with E-state index in [1.54, 1.807) is 6.92 Å². The van der Waals surface area contributed by atoms with Gasteiger partial charge in [0.2, 0.25) is 0 Å². The summed E-state index contributed by atoms with van der Waals surface area (Å²) in [5, 5.41) is 0. The molecule has 0 rings (SSSR count). The average Bonchev–Trinajstić information content (AvgIpc) is 2.40. The molecule has 0 fully saturated rings. The van der Waals surface area contributed by atoms with E-state index in [1.807, 2.05) is 6.20 Å². The number of nitrogens with zero attached hydrogens (tertiary/aromatic N) is 2. The van der Waals surface area contributed by atoms with Gasteiger partial charge >= 0.3 is 5.97 Å². The highest BCUT2D eigenvalue weighted by Gasteiger charge is 2.08. The quantitative estimate of drug-likeness (QED) is 0.467. The summed E-state index contributed by atoms with van der Waals surface area (Å²) in [5.41, 5.74) is 0.665. The predicted octanol–water partition coefficient (Wildman–Crippen LogP) is 2.12. The van der Waals surface area contributed by atoms with Crippen LogP contribution in [0.2, 0.25) is 0 Å². The summed E-state index contributed by atoms with van der Waals surface area (Å²) >= 11 is 0. The zero-order valence-corrected chi connectivity index (χ0v) is 12.5. The van der Waals surface area contributed by atoms with Crippen LogP contribution in [0, 0.1) is 0 Å². The Bertz CT molecular complexity index is 257. The summed E-state index contributed by atoms with van der Waals surface area (Å²) in [6.45, 7) is 15.2. The topological polar surface area (TPSA) is 32.8 Å². The standard InChI is InChI=1S/C14H28N2O2/c1-6-15(7-2)10-11-18-14(17)13(5)12-16(8-3)9-4/h12H,6-11H2,1-5H3. The minimum Gasteiger partial charge on any atom is -0.461 e. The second-order valence-corrected chi connectivity index (χ2v) is 4.20. The molecular weight excluding hydrogens is 228 g/mol. The number of carbonyl (C=O) groups excluding carboxylic acids is 1. The second-order valence-electron chi connectivity index (χ2n) is 4.20. The number of ether oxygens (including phenoxy) is 1. The first kappa shape index (κ1) is 17.0. The van der Waals surface area contributed by atoms with E-state index >= 15 is 0 Å². The predicted molar refractivity (Wildman–Crippen MR) is 75.4 cm³/mol. The van der Waals surface area contributed by atoms with Crippen LogP contribution in [0.4, 0.5) is 0 Å². The summed E-state index contributed by atoms with van der Waals surface area (Å²) in [4.78, 5) is 16.0. The van der Waals surface area contributed by atoms with Gasteiger partial charge in [0.25, 0.3) is 0 Å². The summed E-state index contributed by atoms with van der Waals surface area (Å²) in [5.74, 6) is -0.214. The van der Waals surface area contributed by atoms with Crippen LogP contribution in [0.15, 0.2) is 11.8 Å². The van der Waals surface area contributed by atoms with Crippen molar-refractivity contribution in [1.29, 1.82) is 0 Å². The minimum atomic E-state index is -0.214. The van der Waals surface area contributed by atoms with Gasteiger partial charge < -0.3 is 14.5 Å². The van der Waals surface area contributed by atoms with Crippen molar-refractivity contribution in [2.45, 2.75) is 34.6 Å². The molecule has 0 saturated heterocycles. The maximum Gasteiger partial charge on any atom is 0.335 e. The zero-order valence-electron chi connectivity index (χ0n) is 12.5. The van der Waals surface area contributed by atoms with Gasteiger partial charge in [-0.25, -0.2) is 4.79 Å². The van der Waals surface area contributed by atoms with E-state index in [-0.39, 0.29) is 5.97 Å². The Kier molecular flexibility index (Phi) is 9.38. The highest BCUT2D eigenvalue weighted by atomic mass is 16.5. The molecule has 106 valence electrons. The van der Waals surface area contributed by atoms with Crippen molar-refractivity contribution in [3.63, 3.8) is 0 Å². The van der Waals surface area contributed by atoms with E-state index in [4.69, 9.17) is 4.74 Å². The normalized spacial score (nSPS) is 11.8. The monoisotopic (exact) mass is 256 g/mol. The maximum absolute atomic E-state index is 11.7. The molecule has 4 heteroatoms. The molecule has 0 atom stereocenters. The summed E-state index contributed by atoms with van der Waals surface area (Å²) in [7, 11) is 0. The Morgan fingerprint density at radius 2 is 1.61 bits per heavy atom. The van der Waals surface area contributed by atoms with E-state index in [0.717, 1.165) is 32.7 Å². The molecule has 0 heterocycles. The van der Waals surface area contributed by atoms with Gasteiger partial charge in [-0.2, -0.15) is 0 Å². The number of esters is 1. The Morgan fingerprint density at radius 3 is 2.06 bits per heavy atom. The van der Waals surface area contributed by atoms with Gasteiger partial charge in [0.05, 0.1) is 0 Å². The molecule has 0 N–H and O–H groups in total. The SMILES string of the molecule is CCN(C=C(C)C(=O)OCCN(CC)CC)CC. The summed E-state index contributed by atoms with van der Waals surface area (Å²) < 4.78 is 5.25. The molecule has 0 saturated carbocycles. The molecule has 4 nitrogen and oxygen atoms in total. The van der Waals surface area contributed by atoms with Gasteiger partial charge in [-0.3, -0.25) is 0 Å². The molecule has 0 aromatic carbocycles. The highest BCUT2D eigenvalue weighted by Crippen LogP contribution is 2.00. The average molecular weight is 256 g/mol. The van der Waals surface area contributed by atoms with Crippen LogP contribution in [-0.2, 0) is 9.53 Å². The Balaban J connectivity index is 4.08. The lowest BCUT2D eigenvalue weighted by Crippen LogP contribution is -2.28. The van der Waals surface area contributed by atoms with Crippen molar-refractivity contribution in [1.82, 2.24) is 9.80 Å². The molecule has 0 unspecified atom stereocenters. The number of hydrogen-bond acceptors (Lipinski definition) is 4. The van der Waals surface area contributed by atoms with E-state index < -0.39 is 0 Å². The zero-order chi connectivity index (χ0) is 14.0. The van der Waals surface area contributed by atoms with Crippen molar-refractivity contribution < 1.29 is 9.53 Å². The second kappa shape index (κ2) is 9.95. The number of carbonyl (C=O) groups is 1. The van der Waals surface area contributed by atoms with Crippen molar-refractivity contribution in [3.05, 3.63) is 11.8 Å². The summed E-state index contributed by atoms with van der Waals surface area (Å²) in [6.07, 6.45) is 1.87. The van der Waals surface area contributed by atoms with Crippen molar-refractivity contribution in [2.75, 3.05) is 39.3 Å². The molecule has 0 aromatic heterocycles. The van der Waals surface area contributed by atoms with Crippen molar-refractivity contribution >= 4 is 5.97 Å². The van der Waals surface area contributed by atoms with Crippen LogP contribution in [0.1, 0.15) is 34.6 Å². The lowest BCUT2D eigenvalue weighted by Gasteiger charge is -2.18. The third-order valence-corrected chi connectivity index (χ3v) is 3.05. The molecule has 0 amide bonds. The van der Waals surface area contributed by atoms with Gasteiger partial charge in [0.15, 0.2) is 0 Å². The molecule has 0 radical (unpaired) electrons. The third kappa shape index (κ3) is 6.64. The highest BCUT2D eigenvalue weighted by molar-refractivity contribution is 5.87. The molecule has 0 bridgehead atoms. The van der Waals surface area contributed by atoms with Crippen LogP contribution in [0.5, 0.6) is 0 Å². The minimum absolute atomic E-state index is 0.214. The van der Waals surface area contributed by atoms with Crippen LogP contribution in [0.25, 0.3) is 0 Å². The molecule has 0 aliphatic rings. The third-order valence-electron chi connectivity index (χ3n) is 3.05. The van der Waals surface area contributed by atoms with Crippen molar-refractivity contribution in [3.8, 4) is 0 Å². The van der Waals surface area contributed by atoms with E-state index in [0.29, 0.717) is 12.2 Å². The molecule has 18 heavy (non-hydrogen) atoms. The summed E-state index contributed by atoms with van der Waals surface area (Å²) in [6, 6.07) is 0. The molecule has 0 aliphatic carbocycles. The number of hydrogen-bond donors (Lipinski definition) is 0. The van der Waals surface area contributed by atoms with Crippen LogP contribution in [-0.4, -0.2) is 55.1 Å². The Morgan fingerprint density at radius 1 is 1.06 bits per heavy atom. The fraction of sp³-hybridized carbons (Fsp3) is 0.786. The van der Waals surface area contributed by atoms with Gasteiger partial charge in [-0.15, -0.1) is 0 Å². The molecule has 0 spiro atoms. The Hall–Kier alpha value is -1.03. The van der Waals surface area contributed by atoms with E-state index in [2.05, 4.69) is 37.5 Å². The first-order valence-electron chi connectivity index (χ1n) is 6.90. The van der Waals surface area contributed by atoms with Gasteiger partial charge in [-0.1, -0.05) is 13.8 Å². The number of rotatable bonds is 9. The van der Waals surface area contributed by atoms with Gasteiger partial charge in [0.1, 0.15) is 6.61 Å². The Labute approximate surface area is 112 Å². The van der Waals surface area contributed by atoms with E-state index in [1.165, 1.54) is 0 Å². The maximum atomic E-state index is 11.7. The fourth-order valence-corrected chi connectivity index (χ4v) is 1.65. The number of likely N-dealkylation sites (N-methyl/N-ethyl adjacent to an activating group) is 1. The molecule has 0 aliphatic heterocycles. The van der Waals surface area contributed by atoms with Gasteiger partial charge in [-0.05, 0) is 33.9 Å². The first-order chi connectivity index (χ1) is 8.58. The lowest BCUT2D eigenvalue weighted by molar-refractivity contribution is -0.139.